The first kappa shape index (κ1) is 9.65. The third kappa shape index (κ3) is 1.56. The molecule has 15 heavy (non-hydrogen) atoms. The summed E-state index contributed by atoms with van der Waals surface area (Å²) in [7, 11) is 0. The van der Waals surface area contributed by atoms with Gasteiger partial charge in [-0.15, -0.1) is 0 Å². The van der Waals surface area contributed by atoms with Crippen LogP contribution in [0.2, 0.25) is 0 Å². The minimum atomic E-state index is -0.230. The van der Waals surface area contributed by atoms with Gasteiger partial charge >= 0.3 is 0 Å². The quantitative estimate of drug-likeness (QED) is 0.678. The number of imidazole rings is 1. The summed E-state index contributed by atoms with van der Waals surface area (Å²) in [4.78, 5) is 4.01. The molecule has 0 spiro atoms. The van der Waals surface area contributed by atoms with Crippen LogP contribution < -0.4 is 10.7 Å². The van der Waals surface area contributed by atoms with Crippen molar-refractivity contribution < 1.29 is 4.39 Å². The van der Waals surface area contributed by atoms with Gasteiger partial charge in [0.1, 0.15) is 12.1 Å². The van der Waals surface area contributed by atoms with Gasteiger partial charge in [0.05, 0.1) is 16.4 Å². The van der Waals surface area contributed by atoms with Crippen LogP contribution in [0.1, 0.15) is 5.56 Å². The van der Waals surface area contributed by atoms with Gasteiger partial charge in [0.2, 0.25) is 0 Å². The van der Waals surface area contributed by atoms with Crippen molar-refractivity contribution in [2.45, 2.75) is 6.92 Å². The monoisotopic (exact) mass is 202 g/mol. The summed E-state index contributed by atoms with van der Waals surface area (Å²) in [5, 5.41) is 1.29. The predicted molar refractivity (Wildman–Crippen MR) is 58.6 cm³/mol. The molecule has 0 N–H and O–H groups in total. The molecule has 2 rings (SSSR count). The SMILES string of the molecule is C=c1ncn(-c2ccc(C)c(F)c2)c1=C. The van der Waals surface area contributed by atoms with Crippen LogP contribution >= 0.6 is 0 Å². The van der Waals surface area contributed by atoms with Crippen molar-refractivity contribution in [1.82, 2.24) is 9.55 Å². The van der Waals surface area contributed by atoms with Crippen LogP contribution in [-0.2, 0) is 0 Å². The fraction of sp³-hybridized carbons (Fsp3) is 0.0833. The zero-order valence-electron chi connectivity index (χ0n) is 8.50. The maximum atomic E-state index is 13.3. The first-order valence-electron chi connectivity index (χ1n) is 4.57. The standard InChI is InChI=1S/C12H11FN2/c1-8-4-5-11(6-12(8)13)15-7-14-9(2)10(15)3/h4-7H,2-3H2,1H3. The van der Waals surface area contributed by atoms with E-state index in [1.54, 1.807) is 23.9 Å². The Morgan fingerprint density at radius 1 is 1.33 bits per heavy atom. The van der Waals surface area contributed by atoms with Crippen LogP contribution in [0.25, 0.3) is 18.8 Å². The van der Waals surface area contributed by atoms with E-state index in [1.165, 1.54) is 6.07 Å². The highest BCUT2D eigenvalue weighted by Crippen LogP contribution is 2.10. The Morgan fingerprint density at radius 2 is 2.07 bits per heavy atom. The third-order valence-corrected chi connectivity index (χ3v) is 2.39. The Kier molecular flexibility index (Phi) is 2.15. The zero-order chi connectivity index (χ0) is 11.0. The summed E-state index contributed by atoms with van der Waals surface area (Å²) >= 11 is 0. The second kappa shape index (κ2) is 3.35. The fourth-order valence-corrected chi connectivity index (χ4v) is 1.36. The molecule has 0 amide bonds. The van der Waals surface area contributed by atoms with E-state index in [-0.39, 0.29) is 5.82 Å². The average molecular weight is 202 g/mol. The average Bonchev–Trinajstić information content (AvgIpc) is 2.53. The highest BCUT2D eigenvalue weighted by atomic mass is 19.1. The molecular weight excluding hydrogens is 191 g/mol. The number of halogens is 1. The fourth-order valence-electron chi connectivity index (χ4n) is 1.36. The van der Waals surface area contributed by atoms with Gasteiger partial charge in [0.25, 0.3) is 0 Å². The Balaban J connectivity index is 2.65. The molecule has 0 saturated heterocycles. The van der Waals surface area contributed by atoms with Crippen molar-refractivity contribution in [2.24, 2.45) is 0 Å². The molecule has 0 unspecified atom stereocenters. The number of hydrogen-bond acceptors (Lipinski definition) is 1. The highest BCUT2D eigenvalue weighted by molar-refractivity contribution is 5.36. The second-order valence-corrected chi connectivity index (χ2v) is 3.44. The summed E-state index contributed by atoms with van der Waals surface area (Å²) in [5.41, 5.74) is 1.34. The van der Waals surface area contributed by atoms with E-state index < -0.39 is 0 Å². The van der Waals surface area contributed by atoms with Crippen molar-refractivity contribution in [3.8, 4) is 5.69 Å². The lowest BCUT2D eigenvalue weighted by atomic mass is 10.2. The van der Waals surface area contributed by atoms with Gasteiger partial charge in [0, 0.05) is 0 Å². The molecule has 0 saturated carbocycles. The molecular formula is C12H11FN2. The van der Waals surface area contributed by atoms with Gasteiger partial charge < -0.3 is 0 Å². The number of rotatable bonds is 1. The molecule has 0 aliphatic heterocycles. The van der Waals surface area contributed by atoms with Crippen molar-refractivity contribution >= 4 is 13.2 Å². The Labute approximate surface area is 87.0 Å². The van der Waals surface area contributed by atoms with Gasteiger partial charge in [-0.3, -0.25) is 4.57 Å². The smallest absolute Gasteiger partial charge is 0.128 e. The zero-order valence-corrected chi connectivity index (χ0v) is 8.50. The van der Waals surface area contributed by atoms with E-state index in [2.05, 4.69) is 18.1 Å². The molecule has 3 heteroatoms. The summed E-state index contributed by atoms with van der Waals surface area (Å²) in [6, 6.07) is 5.02. The van der Waals surface area contributed by atoms with Crippen LogP contribution in [0, 0.1) is 12.7 Å². The third-order valence-electron chi connectivity index (χ3n) is 2.39. The number of nitrogens with zero attached hydrogens (tertiary/aromatic N) is 2. The van der Waals surface area contributed by atoms with Gasteiger partial charge in [-0.1, -0.05) is 19.2 Å². The highest BCUT2D eigenvalue weighted by Gasteiger charge is 2.02. The molecule has 2 nitrogen and oxygen atoms in total. The van der Waals surface area contributed by atoms with E-state index in [4.69, 9.17) is 0 Å². The number of aryl methyl sites for hydroxylation is 1. The molecule has 0 bridgehead atoms. The van der Waals surface area contributed by atoms with Gasteiger partial charge in [-0.25, -0.2) is 9.37 Å². The van der Waals surface area contributed by atoms with E-state index in [0.717, 1.165) is 0 Å². The predicted octanol–water partition coefficient (Wildman–Crippen LogP) is 1.14. The largest absolute Gasteiger partial charge is 0.299 e. The van der Waals surface area contributed by atoms with Gasteiger partial charge in [-0.2, -0.15) is 0 Å². The normalized spacial score (nSPS) is 10.5. The Morgan fingerprint density at radius 3 is 2.60 bits per heavy atom. The minimum Gasteiger partial charge on any atom is -0.299 e. The van der Waals surface area contributed by atoms with Crippen LogP contribution in [0.4, 0.5) is 4.39 Å². The van der Waals surface area contributed by atoms with Gasteiger partial charge in [-0.05, 0) is 24.6 Å². The van der Waals surface area contributed by atoms with Crippen LogP contribution in [0.15, 0.2) is 24.5 Å². The number of hydrogen-bond donors (Lipinski definition) is 0. The molecule has 0 radical (unpaired) electrons. The first-order valence-corrected chi connectivity index (χ1v) is 4.57. The lowest BCUT2D eigenvalue weighted by Crippen LogP contribution is -2.26. The molecule has 76 valence electrons. The minimum absolute atomic E-state index is 0.230. The molecule has 0 aliphatic carbocycles. The Bertz CT molecular complexity index is 599. The summed E-state index contributed by atoms with van der Waals surface area (Å²) in [6.45, 7) is 9.27. The van der Waals surface area contributed by atoms with Crippen LogP contribution in [-0.4, -0.2) is 9.55 Å². The van der Waals surface area contributed by atoms with Crippen LogP contribution in [0.5, 0.6) is 0 Å². The maximum absolute atomic E-state index is 13.3. The van der Waals surface area contributed by atoms with Crippen molar-refractivity contribution in [1.29, 1.82) is 0 Å². The van der Waals surface area contributed by atoms with E-state index in [0.29, 0.717) is 21.9 Å². The molecule has 0 fully saturated rings. The molecule has 0 aliphatic rings. The summed E-state index contributed by atoms with van der Waals surface area (Å²) in [6.07, 6.45) is 1.59. The van der Waals surface area contributed by atoms with Crippen molar-refractivity contribution in [3.05, 3.63) is 46.6 Å². The second-order valence-electron chi connectivity index (χ2n) is 3.44. The van der Waals surface area contributed by atoms with Crippen molar-refractivity contribution in [2.75, 3.05) is 0 Å². The topological polar surface area (TPSA) is 17.8 Å². The van der Waals surface area contributed by atoms with E-state index in [9.17, 15) is 4.39 Å². The maximum Gasteiger partial charge on any atom is 0.128 e. The van der Waals surface area contributed by atoms with E-state index in [1.807, 2.05) is 6.07 Å². The van der Waals surface area contributed by atoms with Crippen molar-refractivity contribution in [3.63, 3.8) is 0 Å². The Hall–Kier alpha value is -1.90. The molecule has 1 heterocycles. The van der Waals surface area contributed by atoms with Crippen LogP contribution in [0.3, 0.4) is 0 Å². The summed E-state index contributed by atoms with van der Waals surface area (Å²) < 4.78 is 15.0. The first-order chi connectivity index (χ1) is 7.09. The molecule has 0 atom stereocenters. The molecule has 2 aromatic rings. The summed E-state index contributed by atoms with van der Waals surface area (Å²) in [5.74, 6) is -0.230. The van der Waals surface area contributed by atoms with Gasteiger partial charge in [0.15, 0.2) is 0 Å². The number of aromatic nitrogens is 2. The van der Waals surface area contributed by atoms with E-state index >= 15 is 0 Å². The molecule has 1 aromatic carbocycles. The lowest BCUT2D eigenvalue weighted by molar-refractivity contribution is 0.617. The molecule has 1 aromatic heterocycles. The lowest BCUT2D eigenvalue weighted by Gasteiger charge is -2.03. The number of benzene rings is 1.